The highest BCUT2D eigenvalue weighted by atomic mass is 32.2. The van der Waals surface area contributed by atoms with Crippen LogP contribution in [-0.2, 0) is 27.1 Å². The van der Waals surface area contributed by atoms with Gasteiger partial charge < -0.3 is 10.5 Å². The van der Waals surface area contributed by atoms with Crippen LogP contribution in [0.5, 0.6) is 0 Å². The molecule has 1 aromatic rings. The lowest BCUT2D eigenvalue weighted by molar-refractivity contribution is -0.0242. The first-order valence-electron chi connectivity index (χ1n) is 7.50. The van der Waals surface area contributed by atoms with Crippen molar-refractivity contribution in [2.45, 2.75) is 43.7 Å². The Morgan fingerprint density at radius 1 is 1.24 bits per heavy atom. The van der Waals surface area contributed by atoms with Crippen LogP contribution < -0.4 is 5.73 Å². The summed E-state index contributed by atoms with van der Waals surface area (Å²) in [5, 5.41) is 0. The molecule has 1 heterocycles. The van der Waals surface area contributed by atoms with E-state index in [4.69, 9.17) is 10.5 Å². The predicted molar refractivity (Wildman–Crippen MR) is 81.0 cm³/mol. The molecule has 21 heavy (non-hydrogen) atoms. The van der Waals surface area contributed by atoms with Crippen LogP contribution >= 0.6 is 0 Å². The highest BCUT2D eigenvalue weighted by Crippen LogP contribution is 2.32. The van der Waals surface area contributed by atoms with Crippen LogP contribution in [0.4, 0.5) is 0 Å². The van der Waals surface area contributed by atoms with Crippen LogP contribution in [0.25, 0.3) is 0 Å². The van der Waals surface area contributed by atoms with Crippen molar-refractivity contribution in [1.29, 1.82) is 0 Å². The molecule has 6 heteroatoms. The Morgan fingerprint density at radius 3 is 2.76 bits per heavy atom. The Balaban J connectivity index is 1.83. The molecule has 1 saturated heterocycles. The second kappa shape index (κ2) is 6.04. The Hall–Kier alpha value is -0.950. The van der Waals surface area contributed by atoms with Crippen LogP contribution in [-0.4, -0.2) is 38.0 Å². The molecule has 0 radical (unpaired) electrons. The van der Waals surface area contributed by atoms with Gasteiger partial charge in [-0.2, -0.15) is 4.31 Å². The fourth-order valence-corrected chi connectivity index (χ4v) is 5.26. The molecule has 5 nitrogen and oxygen atoms in total. The Labute approximate surface area is 126 Å². The van der Waals surface area contributed by atoms with Crippen LogP contribution in [0, 0.1) is 0 Å². The third-order valence-electron chi connectivity index (χ3n) is 4.46. The molecule has 116 valence electrons. The molecule has 1 saturated carbocycles. The van der Waals surface area contributed by atoms with Gasteiger partial charge in [0.25, 0.3) is 0 Å². The van der Waals surface area contributed by atoms with Crippen LogP contribution in [0.1, 0.15) is 30.4 Å². The van der Waals surface area contributed by atoms with Gasteiger partial charge >= 0.3 is 0 Å². The fraction of sp³-hybridized carbons (Fsp3) is 0.600. The smallest absolute Gasteiger partial charge is 0.218 e. The van der Waals surface area contributed by atoms with Gasteiger partial charge in [-0.15, -0.1) is 0 Å². The van der Waals surface area contributed by atoms with Crippen LogP contribution in [0.3, 0.4) is 0 Å². The topological polar surface area (TPSA) is 72.6 Å². The number of rotatable bonds is 4. The second-order valence-corrected chi connectivity index (χ2v) is 7.67. The average molecular weight is 310 g/mol. The number of hydrogen-bond acceptors (Lipinski definition) is 4. The number of nitrogens with two attached hydrogens (primary N) is 1. The van der Waals surface area contributed by atoms with E-state index in [1.54, 1.807) is 4.31 Å². The lowest BCUT2D eigenvalue weighted by atomic mass is 10.1. The molecule has 1 aliphatic heterocycles. The van der Waals surface area contributed by atoms with Crippen LogP contribution in [0.2, 0.25) is 0 Å². The summed E-state index contributed by atoms with van der Waals surface area (Å²) in [6, 6.07) is 7.52. The second-order valence-electron chi connectivity index (χ2n) is 5.75. The molecule has 2 atom stereocenters. The first-order chi connectivity index (χ1) is 10.1. The Kier molecular flexibility index (Phi) is 4.31. The third-order valence-corrected chi connectivity index (χ3v) is 6.31. The zero-order chi connectivity index (χ0) is 14.9. The van der Waals surface area contributed by atoms with E-state index in [0.29, 0.717) is 19.7 Å². The minimum Gasteiger partial charge on any atom is -0.375 e. The number of benzene rings is 1. The molecule has 2 aliphatic rings. The summed E-state index contributed by atoms with van der Waals surface area (Å²) in [5.74, 6) is 0.0313. The Morgan fingerprint density at radius 2 is 2.00 bits per heavy atom. The molecule has 2 fully saturated rings. The molecule has 0 bridgehead atoms. The summed E-state index contributed by atoms with van der Waals surface area (Å²) in [4.78, 5) is 0. The minimum atomic E-state index is -3.33. The van der Waals surface area contributed by atoms with E-state index >= 15 is 0 Å². The zero-order valence-electron chi connectivity index (χ0n) is 12.1. The molecule has 1 aliphatic carbocycles. The lowest BCUT2D eigenvalue weighted by Crippen LogP contribution is -2.51. The molecular formula is C15H22N2O3S. The fourth-order valence-electron chi connectivity index (χ4n) is 3.41. The maximum atomic E-state index is 12.8. The van der Waals surface area contributed by atoms with Gasteiger partial charge in [-0.3, -0.25) is 0 Å². The SMILES string of the molecule is NCc1ccccc1CS(=O)(=O)N1CCOC2CCCC21. The average Bonchev–Trinajstić information content (AvgIpc) is 2.95. The molecule has 1 aromatic carbocycles. The predicted octanol–water partition coefficient (Wildman–Crippen LogP) is 1.23. The van der Waals surface area contributed by atoms with E-state index in [1.807, 2.05) is 24.3 Å². The van der Waals surface area contributed by atoms with Gasteiger partial charge in [0.15, 0.2) is 0 Å². The van der Waals surface area contributed by atoms with E-state index in [-0.39, 0.29) is 17.9 Å². The van der Waals surface area contributed by atoms with Crippen LogP contribution in [0.15, 0.2) is 24.3 Å². The Bertz CT molecular complexity index is 603. The van der Waals surface area contributed by atoms with Crippen molar-refractivity contribution in [3.63, 3.8) is 0 Å². The number of ether oxygens (including phenoxy) is 1. The monoisotopic (exact) mass is 310 g/mol. The number of fused-ring (bicyclic) bond motifs is 1. The van der Waals surface area contributed by atoms with Crippen molar-refractivity contribution in [1.82, 2.24) is 4.31 Å². The van der Waals surface area contributed by atoms with E-state index in [0.717, 1.165) is 30.4 Å². The normalized spacial score (nSPS) is 26.7. The molecule has 2 unspecified atom stereocenters. The number of hydrogen-bond donors (Lipinski definition) is 1. The van der Waals surface area contributed by atoms with Gasteiger partial charge in [0.05, 0.1) is 24.5 Å². The molecule has 0 aromatic heterocycles. The highest BCUT2D eigenvalue weighted by Gasteiger charge is 2.41. The van der Waals surface area contributed by atoms with Gasteiger partial charge in [0, 0.05) is 13.1 Å². The van der Waals surface area contributed by atoms with Gasteiger partial charge in [0.1, 0.15) is 0 Å². The molecule has 2 N–H and O–H groups in total. The summed E-state index contributed by atoms with van der Waals surface area (Å²) < 4.78 is 33.0. The number of sulfonamides is 1. The zero-order valence-corrected chi connectivity index (χ0v) is 12.9. The van der Waals surface area contributed by atoms with Gasteiger partial charge in [0.2, 0.25) is 10.0 Å². The molecule has 3 rings (SSSR count). The van der Waals surface area contributed by atoms with Crippen molar-refractivity contribution in [3.8, 4) is 0 Å². The van der Waals surface area contributed by atoms with Crippen molar-refractivity contribution < 1.29 is 13.2 Å². The quantitative estimate of drug-likeness (QED) is 0.908. The molecular weight excluding hydrogens is 288 g/mol. The summed E-state index contributed by atoms with van der Waals surface area (Å²) >= 11 is 0. The third kappa shape index (κ3) is 2.99. The first-order valence-corrected chi connectivity index (χ1v) is 9.11. The highest BCUT2D eigenvalue weighted by molar-refractivity contribution is 7.88. The van der Waals surface area contributed by atoms with E-state index < -0.39 is 10.0 Å². The van der Waals surface area contributed by atoms with Crippen molar-refractivity contribution in [3.05, 3.63) is 35.4 Å². The van der Waals surface area contributed by atoms with Crippen molar-refractivity contribution >= 4 is 10.0 Å². The van der Waals surface area contributed by atoms with Gasteiger partial charge in [-0.25, -0.2) is 8.42 Å². The number of nitrogens with zero attached hydrogens (tertiary/aromatic N) is 1. The van der Waals surface area contributed by atoms with Gasteiger partial charge in [-0.05, 0) is 30.4 Å². The maximum absolute atomic E-state index is 12.8. The number of morpholine rings is 1. The largest absolute Gasteiger partial charge is 0.375 e. The summed E-state index contributed by atoms with van der Waals surface area (Å²) in [7, 11) is -3.33. The first kappa shape index (κ1) is 15.0. The summed E-state index contributed by atoms with van der Waals surface area (Å²) in [5.41, 5.74) is 7.41. The minimum absolute atomic E-state index is 0.0220. The lowest BCUT2D eigenvalue weighted by Gasteiger charge is -2.36. The van der Waals surface area contributed by atoms with E-state index in [1.165, 1.54) is 0 Å². The van der Waals surface area contributed by atoms with Gasteiger partial charge in [-0.1, -0.05) is 24.3 Å². The molecule has 0 amide bonds. The van der Waals surface area contributed by atoms with E-state index in [9.17, 15) is 8.42 Å². The maximum Gasteiger partial charge on any atom is 0.218 e. The standard InChI is InChI=1S/C15H22N2O3S/c16-10-12-4-1-2-5-13(12)11-21(18,19)17-8-9-20-15-7-3-6-14(15)17/h1-2,4-5,14-15H,3,6-11,16H2. The van der Waals surface area contributed by atoms with Crippen molar-refractivity contribution in [2.24, 2.45) is 5.73 Å². The van der Waals surface area contributed by atoms with Crippen molar-refractivity contribution in [2.75, 3.05) is 13.2 Å². The van der Waals surface area contributed by atoms with E-state index in [2.05, 4.69) is 0 Å². The molecule has 0 spiro atoms. The summed E-state index contributed by atoms with van der Waals surface area (Å²) in [6.07, 6.45) is 3.00. The summed E-state index contributed by atoms with van der Waals surface area (Å²) in [6.45, 7) is 1.33.